The fraction of sp³-hybridized carbons (Fsp3) is 0.600. The van der Waals surface area contributed by atoms with Crippen LogP contribution in [0.15, 0.2) is 24.3 Å². The van der Waals surface area contributed by atoms with E-state index in [2.05, 4.69) is 11.0 Å². The van der Waals surface area contributed by atoms with E-state index in [1.165, 1.54) is 4.90 Å². The SMILES string of the molecule is COc1ccccc1N1CC[NH+](CCCCS(=O)(=O)[O-])CC1. The number of methoxy groups -OCH3 is 1. The predicted octanol–water partition coefficient (Wildman–Crippen LogP) is -0.274. The molecule has 1 aliphatic heterocycles. The van der Waals surface area contributed by atoms with Crippen molar-refractivity contribution in [3.8, 4) is 5.75 Å². The van der Waals surface area contributed by atoms with Gasteiger partial charge in [-0.2, -0.15) is 0 Å². The highest BCUT2D eigenvalue weighted by Crippen LogP contribution is 2.27. The zero-order valence-electron chi connectivity index (χ0n) is 13.0. The first-order chi connectivity index (χ1) is 10.5. The molecule has 0 spiro atoms. The molecule has 1 aromatic carbocycles. The van der Waals surface area contributed by atoms with Gasteiger partial charge in [0.05, 0.1) is 55.6 Å². The first kappa shape index (κ1) is 17.1. The number of benzene rings is 1. The summed E-state index contributed by atoms with van der Waals surface area (Å²) in [6.45, 7) is 4.87. The molecule has 0 radical (unpaired) electrons. The maximum atomic E-state index is 10.6. The summed E-state index contributed by atoms with van der Waals surface area (Å²) in [5.41, 5.74) is 1.13. The summed E-state index contributed by atoms with van der Waals surface area (Å²) in [4.78, 5) is 3.79. The summed E-state index contributed by atoms with van der Waals surface area (Å²) in [5, 5.41) is 0. The Morgan fingerprint density at radius 1 is 1.23 bits per heavy atom. The lowest BCUT2D eigenvalue weighted by atomic mass is 10.2. The molecule has 0 aliphatic carbocycles. The van der Waals surface area contributed by atoms with Gasteiger partial charge in [0, 0.05) is 5.75 Å². The fourth-order valence-electron chi connectivity index (χ4n) is 2.86. The number of rotatable bonds is 7. The number of hydrogen-bond acceptors (Lipinski definition) is 5. The molecule has 0 amide bonds. The van der Waals surface area contributed by atoms with Gasteiger partial charge in [0.15, 0.2) is 0 Å². The molecule has 7 heteroatoms. The Labute approximate surface area is 132 Å². The highest BCUT2D eigenvalue weighted by atomic mass is 32.2. The van der Waals surface area contributed by atoms with E-state index >= 15 is 0 Å². The molecule has 1 N–H and O–H groups in total. The van der Waals surface area contributed by atoms with Crippen LogP contribution in [0.1, 0.15) is 12.8 Å². The first-order valence-electron chi connectivity index (χ1n) is 7.65. The third-order valence-corrected chi connectivity index (χ3v) is 4.86. The zero-order valence-corrected chi connectivity index (χ0v) is 13.8. The molecule has 1 aromatic rings. The van der Waals surface area contributed by atoms with Gasteiger partial charge in [-0.1, -0.05) is 12.1 Å². The number of nitrogens with zero attached hydrogens (tertiary/aromatic N) is 1. The van der Waals surface area contributed by atoms with Crippen molar-refractivity contribution in [1.29, 1.82) is 0 Å². The molecule has 124 valence electrons. The molecule has 1 saturated heterocycles. The van der Waals surface area contributed by atoms with Crippen LogP contribution in [0.25, 0.3) is 0 Å². The normalized spacial score (nSPS) is 16.7. The number of ether oxygens (including phenoxy) is 1. The van der Waals surface area contributed by atoms with E-state index < -0.39 is 10.1 Å². The Balaban J connectivity index is 1.76. The summed E-state index contributed by atoms with van der Waals surface area (Å²) >= 11 is 0. The minimum absolute atomic E-state index is 0.242. The van der Waals surface area contributed by atoms with Gasteiger partial charge in [-0.3, -0.25) is 0 Å². The van der Waals surface area contributed by atoms with Crippen LogP contribution in [0.4, 0.5) is 5.69 Å². The number of anilines is 1. The van der Waals surface area contributed by atoms with Crippen LogP contribution < -0.4 is 14.5 Å². The average Bonchev–Trinajstić information content (AvgIpc) is 2.51. The maximum absolute atomic E-state index is 10.6. The summed E-state index contributed by atoms with van der Waals surface area (Å²) in [6, 6.07) is 8.02. The van der Waals surface area contributed by atoms with E-state index in [9.17, 15) is 13.0 Å². The van der Waals surface area contributed by atoms with Crippen LogP contribution in [0.5, 0.6) is 5.75 Å². The van der Waals surface area contributed by atoms with E-state index in [1.54, 1.807) is 7.11 Å². The maximum Gasteiger partial charge on any atom is 0.142 e. The third-order valence-electron chi connectivity index (χ3n) is 4.07. The Bertz CT molecular complexity index is 569. The Hall–Kier alpha value is -1.31. The molecule has 0 bridgehead atoms. The number of nitrogens with one attached hydrogen (secondary N) is 1. The highest BCUT2D eigenvalue weighted by Gasteiger charge is 2.21. The lowest BCUT2D eigenvalue weighted by Crippen LogP contribution is -3.14. The van der Waals surface area contributed by atoms with Crippen LogP contribution in [0.3, 0.4) is 0 Å². The van der Waals surface area contributed by atoms with Crippen LogP contribution in [0, 0.1) is 0 Å². The topological polar surface area (TPSA) is 74.1 Å². The molecular weight excluding hydrogens is 304 g/mol. The fourth-order valence-corrected chi connectivity index (χ4v) is 3.42. The van der Waals surface area contributed by atoms with E-state index in [0.29, 0.717) is 6.42 Å². The zero-order chi connectivity index (χ0) is 16.0. The Morgan fingerprint density at radius 2 is 1.91 bits per heavy atom. The van der Waals surface area contributed by atoms with Gasteiger partial charge in [0.25, 0.3) is 0 Å². The van der Waals surface area contributed by atoms with E-state index in [4.69, 9.17) is 4.74 Å². The first-order valence-corrected chi connectivity index (χ1v) is 9.22. The van der Waals surface area contributed by atoms with Crippen molar-refractivity contribution in [1.82, 2.24) is 0 Å². The second-order valence-electron chi connectivity index (χ2n) is 5.63. The smallest absolute Gasteiger partial charge is 0.142 e. The van der Waals surface area contributed by atoms with Crippen molar-refractivity contribution in [2.24, 2.45) is 0 Å². The minimum atomic E-state index is -4.06. The van der Waals surface area contributed by atoms with Crippen molar-refractivity contribution < 1.29 is 22.6 Å². The van der Waals surface area contributed by atoms with Crippen molar-refractivity contribution in [2.75, 3.05) is 50.5 Å². The van der Waals surface area contributed by atoms with Crippen LogP contribution in [0.2, 0.25) is 0 Å². The second kappa shape index (κ2) is 7.80. The van der Waals surface area contributed by atoms with Crippen LogP contribution >= 0.6 is 0 Å². The van der Waals surface area contributed by atoms with Gasteiger partial charge in [-0.15, -0.1) is 0 Å². The molecule has 0 atom stereocenters. The summed E-state index contributed by atoms with van der Waals surface area (Å²) in [6.07, 6.45) is 1.25. The molecule has 1 heterocycles. The van der Waals surface area contributed by atoms with Crippen LogP contribution in [-0.2, 0) is 10.1 Å². The van der Waals surface area contributed by atoms with Gasteiger partial charge in [0.2, 0.25) is 0 Å². The molecular formula is C15H24N2O4S. The third kappa shape index (κ3) is 5.15. The van der Waals surface area contributed by atoms with Crippen LogP contribution in [-0.4, -0.2) is 58.6 Å². The lowest BCUT2D eigenvalue weighted by molar-refractivity contribution is -0.900. The molecule has 1 fully saturated rings. The van der Waals surface area contributed by atoms with Gasteiger partial charge >= 0.3 is 0 Å². The van der Waals surface area contributed by atoms with Gasteiger partial charge < -0.3 is 19.1 Å². The average molecular weight is 328 g/mol. The predicted molar refractivity (Wildman–Crippen MR) is 84.6 cm³/mol. The van der Waals surface area contributed by atoms with Gasteiger partial charge in [-0.25, -0.2) is 8.42 Å². The monoisotopic (exact) mass is 328 g/mol. The molecule has 1 aliphatic rings. The lowest BCUT2D eigenvalue weighted by Gasteiger charge is -2.34. The summed E-state index contributed by atoms with van der Waals surface area (Å²) in [5.74, 6) is 0.653. The second-order valence-corrected chi connectivity index (χ2v) is 7.15. The summed E-state index contributed by atoms with van der Waals surface area (Å²) in [7, 11) is -2.38. The van der Waals surface area contributed by atoms with Crippen molar-refractivity contribution in [3.63, 3.8) is 0 Å². The Kier molecular flexibility index (Phi) is 6.05. The summed E-state index contributed by atoms with van der Waals surface area (Å²) < 4.78 is 37.1. The quantitative estimate of drug-likeness (QED) is 0.551. The highest BCUT2D eigenvalue weighted by molar-refractivity contribution is 7.85. The molecule has 6 nitrogen and oxygen atoms in total. The number of hydrogen-bond donors (Lipinski definition) is 1. The van der Waals surface area contributed by atoms with E-state index in [-0.39, 0.29) is 5.75 Å². The molecule has 0 saturated carbocycles. The number of quaternary nitrogens is 1. The van der Waals surface area contributed by atoms with E-state index in [1.807, 2.05) is 18.2 Å². The van der Waals surface area contributed by atoms with Gasteiger partial charge in [-0.05, 0) is 25.0 Å². The largest absolute Gasteiger partial charge is 0.748 e. The Morgan fingerprint density at radius 3 is 2.55 bits per heavy atom. The van der Waals surface area contributed by atoms with Crippen molar-refractivity contribution in [3.05, 3.63) is 24.3 Å². The molecule has 0 aromatic heterocycles. The van der Waals surface area contributed by atoms with E-state index in [0.717, 1.165) is 50.6 Å². The minimum Gasteiger partial charge on any atom is -0.748 e. The van der Waals surface area contributed by atoms with Crippen molar-refractivity contribution >= 4 is 15.8 Å². The standard InChI is InChI=1S/C15H24N2O4S/c1-21-15-7-3-2-6-14(15)17-11-9-16(10-12-17)8-4-5-13-22(18,19)20/h2-3,6-7H,4-5,8-13H2,1H3,(H,18,19,20). The molecule has 0 unspecified atom stereocenters. The number of piperazine rings is 1. The van der Waals surface area contributed by atoms with Gasteiger partial charge in [0.1, 0.15) is 5.75 Å². The number of para-hydroxylation sites is 2. The number of unbranched alkanes of at least 4 members (excludes halogenated alkanes) is 1. The van der Waals surface area contributed by atoms with Crippen molar-refractivity contribution in [2.45, 2.75) is 12.8 Å². The molecule has 2 rings (SSSR count). The molecule has 22 heavy (non-hydrogen) atoms.